The number of rotatable bonds is 8. The minimum absolute atomic E-state index is 0.0761. The van der Waals surface area contributed by atoms with Gasteiger partial charge in [-0.2, -0.15) is 0 Å². The van der Waals surface area contributed by atoms with Gasteiger partial charge in [-0.25, -0.2) is 0 Å². The number of nitrogens with one attached hydrogen (secondary N) is 1. The van der Waals surface area contributed by atoms with Crippen LogP contribution >= 0.6 is 23.2 Å². The van der Waals surface area contributed by atoms with Crippen LogP contribution in [0.15, 0.2) is 18.2 Å². The third-order valence-electron chi connectivity index (χ3n) is 2.89. The first-order valence-corrected chi connectivity index (χ1v) is 7.10. The molecule has 0 aliphatic heterocycles. The van der Waals surface area contributed by atoms with Crippen LogP contribution in [-0.2, 0) is 15.9 Å². The van der Waals surface area contributed by atoms with Crippen molar-refractivity contribution < 1.29 is 9.47 Å². The predicted octanol–water partition coefficient (Wildman–Crippen LogP) is 3.52. The zero-order chi connectivity index (χ0) is 14.3. The van der Waals surface area contributed by atoms with Gasteiger partial charge in [0.2, 0.25) is 0 Å². The molecule has 1 aromatic rings. The van der Waals surface area contributed by atoms with Gasteiger partial charge >= 0.3 is 0 Å². The molecule has 0 aliphatic rings. The lowest BCUT2D eigenvalue weighted by Gasteiger charge is -2.26. The molecule has 108 valence electrons. The zero-order valence-electron chi connectivity index (χ0n) is 11.6. The normalized spacial score (nSPS) is 12.9. The minimum atomic E-state index is -0.291. The number of benzene rings is 1. The SMILES string of the molecule is CCCNC(Cc1ccc(Cl)c(Cl)c1)C(OC)OC. The molecule has 1 rings (SSSR count). The quantitative estimate of drug-likeness (QED) is 0.745. The molecule has 19 heavy (non-hydrogen) atoms. The fourth-order valence-corrected chi connectivity index (χ4v) is 2.26. The van der Waals surface area contributed by atoms with Crippen LogP contribution in [0.3, 0.4) is 0 Å². The van der Waals surface area contributed by atoms with Crippen molar-refractivity contribution in [2.45, 2.75) is 32.1 Å². The van der Waals surface area contributed by atoms with Gasteiger partial charge in [0, 0.05) is 14.2 Å². The zero-order valence-corrected chi connectivity index (χ0v) is 13.1. The van der Waals surface area contributed by atoms with Crippen molar-refractivity contribution in [3.05, 3.63) is 33.8 Å². The van der Waals surface area contributed by atoms with Crippen LogP contribution < -0.4 is 5.32 Å². The van der Waals surface area contributed by atoms with Gasteiger partial charge in [0.1, 0.15) is 0 Å². The Kier molecular flexibility index (Phi) is 7.73. The standard InChI is InChI=1S/C14H21Cl2NO2/c1-4-7-17-13(14(18-2)19-3)9-10-5-6-11(15)12(16)8-10/h5-6,8,13-14,17H,4,7,9H2,1-3H3. The van der Waals surface area contributed by atoms with E-state index in [2.05, 4.69) is 12.2 Å². The monoisotopic (exact) mass is 305 g/mol. The number of hydrogen-bond donors (Lipinski definition) is 1. The molecule has 0 saturated carbocycles. The summed E-state index contributed by atoms with van der Waals surface area (Å²) in [4.78, 5) is 0. The summed E-state index contributed by atoms with van der Waals surface area (Å²) in [6.45, 7) is 3.03. The van der Waals surface area contributed by atoms with E-state index in [-0.39, 0.29) is 12.3 Å². The molecule has 3 nitrogen and oxygen atoms in total. The summed E-state index contributed by atoms with van der Waals surface area (Å²) in [6.07, 6.45) is 1.53. The Hall–Kier alpha value is -0.320. The van der Waals surface area contributed by atoms with Gasteiger partial charge < -0.3 is 14.8 Å². The molecular formula is C14H21Cl2NO2. The van der Waals surface area contributed by atoms with Crippen LogP contribution in [0.25, 0.3) is 0 Å². The number of hydrogen-bond acceptors (Lipinski definition) is 3. The highest BCUT2D eigenvalue weighted by Gasteiger charge is 2.20. The molecule has 0 amide bonds. The summed E-state index contributed by atoms with van der Waals surface area (Å²) >= 11 is 12.0. The van der Waals surface area contributed by atoms with Crippen molar-refractivity contribution in [1.29, 1.82) is 0 Å². The lowest BCUT2D eigenvalue weighted by Crippen LogP contribution is -2.44. The molecule has 1 N–H and O–H groups in total. The molecule has 1 atom stereocenters. The molecule has 5 heteroatoms. The Balaban J connectivity index is 2.77. The molecule has 0 saturated heterocycles. The Bertz CT molecular complexity index is 384. The molecule has 1 unspecified atom stereocenters. The molecule has 0 radical (unpaired) electrons. The van der Waals surface area contributed by atoms with E-state index >= 15 is 0 Å². The highest BCUT2D eigenvalue weighted by atomic mass is 35.5. The van der Waals surface area contributed by atoms with E-state index in [1.165, 1.54) is 0 Å². The fourth-order valence-electron chi connectivity index (χ4n) is 1.94. The van der Waals surface area contributed by atoms with E-state index in [0.29, 0.717) is 10.0 Å². The highest BCUT2D eigenvalue weighted by Crippen LogP contribution is 2.23. The van der Waals surface area contributed by atoms with Crippen LogP contribution in [0.4, 0.5) is 0 Å². The summed E-state index contributed by atoms with van der Waals surface area (Å²) < 4.78 is 10.7. The van der Waals surface area contributed by atoms with Crippen LogP contribution in [0.2, 0.25) is 10.0 Å². The molecule has 0 bridgehead atoms. The summed E-state index contributed by atoms with van der Waals surface area (Å²) in [7, 11) is 3.28. The molecule has 1 aromatic carbocycles. The van der Waals surface area contributed by atoms with E-state index in [4.69, 9.17) is 32.7 Å². The lowest BCUT2D eigenvalue weighted by molar-refractivity contribution is -0.122. The van der Waals surface area contributed by atoms with Gasteiger partial charge in [0.25, 0.3) is 0 Å². The summed E-state index contributed by atoms with van der Waals surface area (Å²) in [5.41, 5.74) is 1.10. The average molecular weight is 306 g/mol. The smallest absolute Gasteiger partial charge is 0.172 e. The maximum atomic E-state index is 6.03. The van der Waals surface area contributed by atoms with Crippen LogP contribution in [0.5, 0.6) is 0 Å². The molecule has 0 aliphatic carbocycles. The van der Waals surface area contributed by atoms with E-state index in [1.54, 1.807) is 14.2 Å². The second-order valence-corrected chi connectivity index (χ2v) is 5.17. The maximum absolute atomic E-state index is 6.03. The number of ether oxygens (including phenoxy) is 2. The van der Waals surface area contributed by atoms with Crippen molar-refractivity contribution in [2.24, 2.45) is 0 Å². The van der Waals surface area contributed by atoms with Gasteiger partial charge in [-0.15, -0.1) is 0 Å². The predicted molar refractivity (Wildman–Crippen MR) is 80.1 cm³/mol. The first-order chi connectivity index (χ1) is 9.12. The van der Waals surface area contributed by atoms with Crippen LogP contribution in [0, 0.1) is 0 Å². The third-order valence-corrected chi connectivity index (χ3v) is 3.63. The minimum Gasteiger partial charge on any atom is -0.354 e. The topological polar surface area (TPSA) is 30.5 Å². The third kappa shape index (κ3) is 5.28. The van der Waals surface area contributed by atoms with Gasteiger partial charge in [-0.1, -0.05) is 36.2 Å². The number of methoxy groups -OCH3 is 2. The molecule has 0 aromatic heterocycles. The summed E-state index contributed by atoms with van der Waals surface area (Å²) in [6, 6.07) is 5.74. The molecule has 0 fully saturated rings. The Morgan fingerprint density at radius 2 is 1.84 bits per heavy atom. The van der Waals surface area contributed by atoms with Gasteiger partial charge in [-0.05, 0) is 37.1 Å². The van der Waals surface area contributed by atoms with Gasteiger partial charge in [-0.3, -0.25) is 0 Å². The van der Waals surface area contributed by atoms with E-state index < -0.39 is 0 Å². The van der Waals surface area contributed by atoms with Crippen molar-refractivity contribution in [3.63, 3.8) is 0 Å². The highest BCUT2D eigenvalue weighted by molar-refractivity contribution is 6.42. The van der Waals surface area contributed by atoms with Gasteiger partial charge in [0.05, 0.1) is 16.1 Å². The Morgan fingerprint density at radius 3 is 2.37 bits per heavy atom. The van der Waals surface area contributed by atoms with Gasteiger partial charge in [0.15, 0.2) is 6.29 Å². The average Bonchev–Trinajstić information content (AvgIpc) is 2.41. The second-order valence-electron chi connectivity index (χ2n) is 4.35. The second kappa shape index (κ2) is 8.77. The molecule has 0 spiro atoms. The number of halogens is 2. The first kappa shape index (κ1) is 16.7. The Labute approximate surface area is 125 Å². The van der Waals surface area contributed by atoms with Crippen molar-refractivity contribution in [2.75, 3.05) is 20.8 Å². The summed E-state index contributed by atoms with van der Waals surface area (Å²) in [5, 5.41) is 4.57. The lowest BCUT2D eigenvalue weighted by atomic mass is 10.1. The van der Waals surface area contributed by atoms with Crippen molar-refractivity contribution in [1.82, 2.24) is 5.32 Å². The van der Waals surface area contributed by atoms with E-state index in [1.807, 2.05) is 18.2 Å². The summed E-state index contributed by atoms with van der Waals surface area (Å²) in [5.74, 6) is 0. The maximum Gasteiger partial charge on any atom is 0.172 e. The van der Waals surface area contributed by atoms with E-state index in [0.717, 1.165) is 24.9 Å². The largest absolute Gasteiger partial charge is 0.354 e. The molecular weight excluding hydrogens is 285 g/mol. The van der Waals surface area contributed by atoms with Crippen LogP contribution in [-0.4, -0.2) is 33.1 Å². The molecule has 0 heterocycles. The Morgan fingerprint density at radius 1 is 1.16 bits per heavy atom. The first-order valence-electron chi connectivity index (χ1n) is 6.35. The van der Waals surface area contributed by atoms with Crippen LogP contribution in [0.1, 0.15) is 18.9 Å². The van der Waals surface area contributed by atoms with Crippen molar-refractivity contribution >= 4 is 23.2 Å². The van der Waals surface area contributed by atoms with Crippen molar-refractivity contribution in [3.8, 4) is 0 Å². The fraction of sp³-hybridized carbons (Fsp3) is 0.571. The van der Waals surface area contributed by atoms with E-state index in [9.17, 15) is 0 Å².